The molecule has 0 spiro atoms. The van der Waals surface area contributed by atoms with Gasteiger partial charge in [0.1, 0.15) is 0 Å². The van der Waals surface area contributed by atoms with E-state index < -0.39 is 0 Å². The third kappa shape index (κ3) is 4.89. The van der Waals surface area contributed by atoms with Crippen molar-refractivity contribution in [2.24, 2.45) is 11.8 Å². The molecule has 0 aromatic carbocycles. The van der Waals surface area contributed by atoms with Gasteiger partial charge >= 0.3 is 0 Å². The van der Waals surface area contributed by atoms with Gasteiger partial charge in [-0.3, -0.25) is 0 Å². The molecule has 0 amide bonds. The highest BCUT2D eigenvalue weighted by atomic mass is 16.5. The zero-order valence-corrected chi connectivity index (χ0v) is 12.2. The highest BCUT2D eigenvalue weighted by Gasteiger charge is 2.20. The van der Waals surface area contributed by atoms with E-state index in [0.717, 1.165) is 18.4 Å². The standard InChI is InChI=1S/C16H31NO/c1-18-14-10-16-8-12-17(13-9-16)11-7-15-5-3-2-4-6-15/h15-16H,2-14H2,1H3. The Hall–Kier alpha value is -0.0800. The number of hydrogen-bond acceptors (Lipinski definition) is 2. The minimum absolute atomic E-state index is 0.927. The summed E-state index contributed by atoms with van der Waals surface area (Å²) in [4.78, 5) is 2.71. The maximum absolute atomic E-state index is 5.18. The monoisotopic (exact) mass is 253 g/mol. The molecule has 2 fully saturated rings. The van der Waals surface area contributed by atoms with E-state index in [1.807, 2.05) is 7.11 Å². The van der Waals surface area contributed by atoms with Crippen LogP contribution in [-0.2, 0) is 4.74 Å². The van der Waals surface area contributed by atoms with Gasteiger partial charge in [-0.15, -0.1) is 0 Å². The number of piperidine rings is 1. The largest absolute Gasteiger partial charge is 0.385 e. The van der Waals surface area contributed by atoms with Crippen molar-refractivity contribution >= 4 is 0 Å². The van der Waals surface area contributed by atoms with Crippen LogP contribution < -0.4 is 0 Å². The van der Waals surface area contributed by atoms with E-state index in [2.05, 4.69) is 4.90 Å². The van der Waals surface area contributed by atoms with E-state index in [4.69, 9.17) is 4.74 Å². The van der Waals surface area contributed by atoms with E-state index in [0.29, 0.717) is 0 Å². The van der Waals surface area contributed by atoms with Crippen LogP contribution in [-0.4, -0.2) is 38.3 Å². The first-order chi connectivity index (χ1) is 8.88. The van der Waals surface area contributed by atoms with E-state index in [9.17, 15) is 0 Å². The van der Waals surface area contributed by atoms with Gasteiger partial charge in [0.05, 0.1) is 0 Å². The quantitative estimate of drug-likeness (QED) is 0.715. The molecule has 0 unspecified atom stereocenters. The predicted molar refractivity (Wildman–Crippen MR) is 76.8 cm³/mol. The number of rotatable bonds is 6. The van der Waals surface area contributed by atoms with Crippen LogP contribution in [0.15, 0.2) is 0 Å². The number of methoxy groups -OCH3 is 1. The predicted octanol–water partition coefficient (Wildman–Crippen LogP) is 3.71. The molecule has 1 aliphatic heterocycles. The van der Waals surface area contributed by atoms with E-state index in [1.54, 1.807) is 0 Å². The molecule has 2 heteroatoms. The molecule has 0 radical (unpaired) electrons. The smallest absolute Gasteiger partial charge is 0.0464 e. The Morgan fingerprint density at radius 2 is 1.56 bits per heavy atom. The highest BCUT2D eigenvalue weighted by Crippen LogP contribution is 2.27. The van der Waals surface area contributed by atoms with Crippen LogP contribution in [0, 0.1) is 11.8 Å². The van der Waals surface area contributed by atoms with Crippen molar-refractivity contribution in [1.29, 1.82) is 0 Å². The Morgan fingerprint density at radius 1 is 0.889 bits per heavy atom. The average Bonchev–Trinajstić information content (AvgIpc) is 2.45. The van der Waals surface area contributed by atoms with Gasteiger partial charge in [0.15, 0.2) is 0 Å². The summed E-state index contributed by atoms with van der Waals surface area (Å²) in [5.74, 6) is 1.97. The summed E-state index contributed by atoms with van der Waals surface area (Å²) in [7, 11) is 1.82. The molecule has 0 aromatic heterocycles. The van der Waals surface area contributed by atoms with E-state index in [1.165, 1.54) is 77.4 Å². The summed E-state index contributed by atoms with van der Waals surface area (Å²) in [5, 5.41) is 0. The lowest BCUT2D eigenvalue weighted by Gasteiger charge is -2.33. The van der Waals surface area contributed by atoms with Crippen molar-refractivity contribution in [3.05, 3.63) is 0 Å². The van der Waals surface area contributed by atoms with Gasteiger partial charge in [0, 0.05) is 13.7 Å². The third-order valence-electron chi connectivity index (χ3n) is 5.02. The van der Waals surface area contributed by atoms with Crippen LogP contribution in [0.1, 0.15) is 57.8 Å². The van der Waals surface area contributed by atoms with Gasteiger partial charge in [0.2, 0.25) is 0 Å². The number of ether oxygens (including phenoxy) is 1. The second-order valence-electron chi connectivity index (χ2n) is 6.36. The van der Waals surface area contributed by atoms with Crippen LogP contribution in [0.4, 0.5) is 0 Å². The Bertz CT molecular complexity index is 205. The molecule has 1 aliphatic carbocycles. The summed E-state index contributed by atoms with van der Waals surface area (Å²) >= 11 is 0. The molecular weight excluding hydrogens is 222 g/mol. The maximum Gasteiger partial charge on any atom is 0.0464 e. The van der Waals surface area contributed by atoms with Crippen LogP contribution in [0.3, 0.4) is 0 Å². The van der Waals surface area contributed by atoms with Gasteiger partial charge < -0.3 is 9.64 Å². The lowest BCUT2D eigenvalue weighted by atomic mass is 9.86. The molecule has 0 N–H and O–H groups in total. The van der Waals surface area contributed by atoms with Gasteiger partial charge in [0.25, 0.3) is 0 Å². The van der Waals surface area contributed by atoms with Gasteiger partial charge in [-0.1, -0.05) is 32.1 Å². The fraction of sp³-hybridized carbons (Fsp3) is 1.00. The molecule has 2 rings (SSSR count). The van der Waals surface area contributed by atoms with Crippen LogP contribution in [0.2, 0.25) is 0 Å². The number of likely N-dealkylation sites (tertiary alicyclic amines) is 1. The lowest BCUT2D eigenvalue weighted by molar-refractivity contribution is 0.129. The molecule has 0 atom stereocenters. The van der Waals surface area contributed by atoms with Crippen LogP contribution >= 0.6 is 0 Å². The summed E-state index contributed by atoms with van der Waals surface area (Å²) in [6, 6.07) is 0. The summed E-state index contributed by atoms with van der Waals surface area (Å²) in [6.45, 7) is 4.98. The van der Waals surface area contributed by atoms with Gasteiger partial charge in [-0.05, 0) is 57.2 Å². The minimum Gasteiger partial charge on any atom is -0.385 e. The first-order valence-corrected chi connectivity index (χ1v) is 8.10. The normalized spacial score (nSPS) is 24.5. The first-order valence-electron chi connectivity index (χ1n) is 8.10. The summed E-state index contributed by atoms with van der Waals surface area (Å²) in [6.07, 6.45) is 13.0. The van der Waals surface area contributed by atoms with Gasteiger partial charge in [-0.2, -0.15) is 0 Å². The fourth-order valence-electron chi connectivity index (χ4n) is 3.62. The topological polar surface area (TPSA) is 12.5 Å². The maximum atomic E-state index is 5.18. The zero-order valence-electron chi connectivity index (χ0n) is 12.2. The molecule has 2 aliphatic rings. The van der Waals surface area contributed by atoms with Gasteiger partial charge in [-0.25, -0.2) is 0 Å². The van der Waals surface area contributed by atoms with Crippen LogP contribution in [0.25, 0.3) is 0 Å². The summed E-state index contributed by atoms with van der Waals surface area (Å²) in [5.41, 5.74) is 0. The molecule has 0 bridgehead atoms. The molecule has 0 aromatic rings. The van der Waals surface area contributed by atoms with Crippen LogP contribution in [0.5, 0.6) is 0 Å². The fourth-order valence-corrected chi connectivity index (χ4v) is 3.62. The summed E-state index contributed by atoms with van der Waals surface area (Å²) < 4.78 is 5.18. The Labute approximate surface area is 113 Å². The molecule has 106 valence electrons. The third-order valence-corrected chi connectivity index (χ3v) is 5.02. The molecule has 18 heavy (non-hydrogen) atoms. The first kappa shape index (κ1) is 14.3. The number of nitrogens with zero attached hydrogens (tertiary/aromatic N) is 1. The zero-order chi connectivity index (χ0) is 12.6. The van der Waals surface area contributed by atoms with Crippen molar-refractivity contribution in [2.75, 3.05) is 33.4 Å². The molecular formula is C16H31NO. The average molecular weight is 253 g/mol. The molecule has 2 nitrogen and oxygen atoms in total. The highest BCUT2D eigenvalue weighted by molar-refractivity contribution is 4.74. The van der Waals surface area contributed by atoms with Crippen molar-refractivity contribution in [3.8, 4) is 0 Å². The lowest BCUT2D eigenvalue weighted by Crippen LogP contribution is -2.35. The second-order valence-corrected chi connectivity index (χ2v) is 6.36. The minimum atomic E-state index is 0.927. The molecule has 1 saturated carbocycles. The Kier molecular flexibility index (Phi) is 6.50. The number of hydrogen-bond donors (Lipinski definition) is 0. The molecule has 1 saturated heterocycles. The van der Waals surface area contributed by atoms with Crippen molar-refractivity contribution in [2.45, 2.75) is 57.8 Å². The van der Waals surface area contributed by atoms with Crippen molar-refractivity contribution < 1.29 is 4.74 Å². The van der Waals surface area contributed by atoms with E-state index >= 15 is 0 Å². The molecule has 1 heterocycles. The Balaban J connectivity index is 1.55. The Morgan fingerprint density at radius 3 is 2.22 bits per heavy atom. The second kappa shape index (κ2) is 8.16. The van der Waals surface area contributed by atoms with E-state index in [-0.39, 0.29) is 0 Å². The SMILES string of the molecule is COCCC1CCN(CCC2CCCCC2)CC1. The van der Waals surface area contributed by atoms with Crippen molar-refractivity contribution in [1.82, 2.24) is 4.90 Å². The van der Waals surface area contributed by atoms with Crippen molar-refractivity contribution in [3.63, 3.8) is 0 Å².